The monoisotopic (exact) mass is 544 g/mol. The molecule has 4 heterocycles. The summed E-state index contributed by atoms with van der Waals surface area (Å²) in [6.07, 6.45) is 3.83. The van der Waals surface area contributed by atoms with Crippen LogP contribution in [0.4, 0.5) is 22.0 Å². The van der Waals surface area contributed by atoms with Crippen molar-refractivity contribution in [3.8, 4) is 11.4 Å². The number of allylic oxidation sites excluding steroid dienone is 1. The number of aromatic nitrogens is 5. The highest BCUT2D eigenvalue weighted by molar-refractivity contribution is 5.77. The second-order valence-electron chi connectivity index (χ2n) is 9.29. The van der Waals surface area contributed by atoms with Gasteiger partial charge in [0.05, 0.1) is 6.20 Å². The maximum Gasteiger partial charge on any atom is 0.461 e. The van der Waals surface area contributed by atoms with Crippen molar-refractivity contribution in [1.29, 1.82) is 0 Å². The fourth-order valence-corrected chi connectivity index (χ4v) is 4.57. The number of nitrogens with zero attached hydrogens (tertiary/aromatic N) is 6. The summed E-state index contributed by atoms with van der Waals surface area (Å²) in [4.78, 5) is 10.1. The van der Waals surface area contributed by atoms with Crippen LogP contribution in [0.1, 0.15) is 36.7 Å². The van der Waals surface area contributed by atoms with E-state index in [1.54, 1.807) is 43.6 Å². The Balaban J connectivity index is 1.35. The molecule has 0 spiro atoms. The molecule has 3 aromatic heterocycles. The van der Waals surface area contributed by atoms with Gasteiger partial charge in [0, 0.05) is 37.7 Å². The molecule has 4 aromatic rings. The average Bonchev–Trinajstić information content (AvgIpc) is 3.30. The lowest BCUT2D eigenvalue weighted by molar-refractivity contribution is -0.292. The number of ether oxygens (including phenoxy) is 1. The predicted molar refractivity (Wildman–Crippen MR) is 134 cm³/mol. The lowest BCUT2D eigenvalue weighted by atomic mass is 10.1. The number of alkyl halides is 5. The summed E-state index contributed by atoms with van der Waals surface area (Å²) in [7, 11) is 0. The van der Waals surface area contributed by atoms with Gasteiger partial charge in [-0.1, -0.05) is 12.2 Å². The first kappa shape index (κ1) is 26.7. The van der Waals surface area contributed by atoms with Crippen LogP contribution in [-0.4, -0.2) is 55.0 Å². The molecule has 1 saturated heterocycles. The van der Waals surface area contributed by atoms with Gasteiger partial charge in [0.25, 0.3) is 0 Å². The Hall–Kier alpha value is -3.93. The summed E-state index contributed by atoms with van der Waals surface area (Å²) in [5.74, 6) is -6.14. The van der Waals surface area contributed by atoms with Crippen molar-refractivity contribution in [2.24, 2.45) is 0 Å². The summed E-state index contributed by atoms with van der Waals surface area (Å²) in [6, 6.07) is 9.32. The molecule has 1 aliphatic rings. The number of hydrogen-bond donors (Lipinski definition) is 0. The molecule has 1 aromatic carbocycles. The molecular formula is C27H25F5N6O. The lowest BCUT2D eigenvalue weighted by Crippen LogP contribution is -2.37. The van der Waals surface area contributed by atoms with E-state index in [0.29, 0.717) is 11.3 Å². The van der Waals surface area contributed by atoms with Crippen LogP contribution in [0.25, 0.3) is 22.9 Å². The van der Waals surface area contributed by atoms with Crippen molar-refractivity contribution < 1.29 is 26.7 Å². The molecule has 0 radical (unpaired) electrons. The zero-order chi connectivity index (χ0) is 27.6. The third-order valence-corrected chi connectivity index (χ3v) is 6.50. The normalized spacial score (nSPS) is 15.8. The van der Waals surface area contributed by atoms with E-state index in [2.05, 4.69) is 25.1 Å². The molecular weight excluding hydrogens is 519 g/mol. The molecule has 0 unspecified atom stereocenters. The Kier molecular flexibility index (Phi) is 7.30. The van der Waals surface area contributed by atoms with Crippen LogP contribution in [0, 0.1) is 0 Å². The molecule has 7 nitrogen and oxygen atoms in total. The Morgan fingerprint density at radius 1 is 1.00 bits per heavy atom. The Labute approximate surface area is 221 Å². The van der Waals surface area contributed by atoms with Crippen LogP contribution < -0.4 is 4.74 Å². The van der Waals surface area contributed by atoms with Crippen LogP contribution in [0.15, 0.2) is 61.1 Å². The zero-order valence-corrected chi connectivity index (χ0v) is 20.9. The minimum Gasteiger partial charge on any atom is -0.490 e. The first-order valence-corrected chi connectivity index (χ1v) is 12.4. The minimum absolute atomic E-state index is 0.0476. The second kappa shape index (κ2) is 10.7. The molecule has 204 valence electrons. The lowest BCUT2D eigenvalue weighted by Gasteiger charge is -2.32. The molecule has 1 fully saturated rings. The number of pyridine rings is 1. The van der Waals surface area contributed by atoms with Gasteiger partial charge in [-0.05, 0) is 67.3 Å². The number of imidazole rings is 1. The average molecular weight is 545 g/mol. The number of hydrogen-bond acceptors (Lipinski definition) is 6. The van der Waals surface area contributed by atoms with Crippen LogP contribution in [0.3, 0.4) is 0 Å². The van der Waals surface area contributed by atoms with E-state index in [-0.39, 0.29) is 23.0 Å². The molecule has 5 rings (SSSR count). The maximum atomic E-state index is 14.6. The van der Waals surface area contributed by atoms with E-state index in [0.717, 1.165) is 42.6 Å². The van der Waals surface area contributed by atoms with E-state index in [9.17, 15) is 22.0 Å². The summed E-state index contributed by atoms with van der Waals surface area (Å²) in [5, 5.41) is 7.68. The van der Waals surface area contributed by atoms with Gasteiger partial charge in [0.2, 0.25) is 0 Å². The number of likely N-dealkylation sites (tertiary alicyclic amines) is 1. The topological polar surface area (TPSA) is 69.0 Å². The Morgan fingerprint density at radius 2 is 1.74 bits per heavy atom. The summed E-state index contributed by atoms with van der Waals surface area (Å²) in [5.41, 5.74) is 1.50. The zero-order valence-electron chi connectivity index (χ0n) is 20.9. The predicted octanol–water partition coefficient (Wildman–Crippen LogP) is 5.94. The van der Waals surface area contributed by atoms with Gasteiger partial charge in [-0.2, -0.15) is 32.1 Å². The van der Waals surface area contributed by atoms with E-state index >= 15 is 0 Å². The third kappa shape index (κ3) is 5.60. The highest BCUT2D eigenvalue weighted by Crippen LogP contribution is 2.45. The van der Waals surface area contributed by atoms with E-state index in [1.807, 2.05) is 6.07 Å². The molecule has 12 heteroatoms. The second-order valence-corrected chi connectivity index (χ2v) is 9.29. The van der Waals surface area contributed by atoms with Gasteiger partial charge in [-0.25, -0.2) is 9.97 Å². The van der Waals surface area contributed by atoms with Crippen molar-refractivity contribution in [2.45, 2.75) is 44.5 Å². The summed E-state index contributed by atoms with van der Waals surface area (Å²) >= 11 is 0. The van der Waals surface area contributed by atoms with Crippen LogP contribution in [0.5, 0.6) is 5.75 Å². The fraction of sp³-hybridized carbons (Fsp3) is 0.333. The first-order valence-electron chi connectivity index (χ1n) is 12.4. The van der Waals surface area contributed by atoms with Gasteiger partial charge in [-0.3, -0.25) is 9.47 Å². The number of rotatable bonds is 7. The number of benzene rings is 1. The molecule has 0 saturated carbocycles. The molecule has 0 bridgehead atoms. The highest BCUT2D eigenvalue weighted by atomic mass is 19.4. The van der Waals surface area contributed by atoms with Crippen LogP contribution in [0.2, 0.25) is 0 Å². The highest BCUT2D eigenvalue weighted by Gasteiger charge is 2.62. The van der Waals surface area contributed by atoms with Crippen molar-refractivity contribution >= 4 is 17.2 Å². The van der Waals surface area contributed by atoms with E-state index in [1.165, 1.54) is 24.4 Å². The third-order valence-electron chi connectivity index (χ3n) is 6.50. The number of fused-ring (bicyclic) bond motifs is 1. The van der Waals surface area contributed by atoms with Gasteiger partial charge in [0.15, 0.2) is 11.5 Å². The molecule has 0 N–H and O–H groups in total. The Morgan fingerprint density at radius 3 is 2.38 bits per heavy atom. The van der Waals surface area contributed by atoms with Crippen molar-refractivity contribution in [1.82, 2.24) is 29.6 Å². The van der Waals surface area contributed by atoms with Gasteiger partial charge in [0.1, 0.15) is 17.4 Å². The van der Waals surface area contributed by atoms with Crippen LogP contribution in [-0.2, 0) is 12.5 Å². The summed E-state index contributed by atoms with van der Waals surface area (Å²) < 4.78 is 76.0. The molecule has 0 aliphatic carbocycles. The van der Waals surface area contributed by atoms with E-state index < -0.39 is 17.9 Å². The molecule has 1 aliphatic heterocycles. The fourth-order valence-electron chi connectivity index (χ4n) is 4.57. The van der Waals surface area contributed by atoms with Crippen molar-refractivity contribution in [2.75, 3.05) is 13.1 Å². The number of halogens is 5. The minimum atomic E-state index is -5.83. The van der Waals surface area contributed by atoms with Crippen molar-refractivity contribution in [3.05, 3.63) is 78.0 Å². The summed E-state index contributed by atoms with van der Waals surface area (Å²) in [6.45, 7) is 4.16. The first-order chi connectivity index (χ1) is 18.7. The molecule has 0 amide bonds. The van der Waals surface area contributed by atoms with Gasteiger partial charge >= 0.3 is 12.1 Å². The SMILES string of the molecule is C/C=C/c1cnc2c(c1)nc(C(F)(F)C(F)(F)F)n2-c1ccc(OC2CCN(Cc3ccnnc3)CC2)cc1. The standard InChI is InChI=1S/C27H25F5N6O/c1-2-3-18-14-23-24(33-15-18)38(25(36-23)26(28,29)27(30,31)32)20-4-6-21(7-5-20)39-22-9-12-37(13-10-22)17-19-8-11-34-35-16-19/h2-8,11,14-16,22H,9-10,12-13,17H2,1H3/b3-2+. The smallest absolute Gasteiger partial charge is 0.461 e. The quantitative estimate of drug-likeness (QED) is 0.268. The molecule has 0 atom stereocenters. The molecule has 39 heavy (non-hydrogen) atoms. The maximum absolute atomic E-state index is 14.6. The van der Waals surface area contributed by atoms with Crippen LogP contribution >= 0.6 is 0 Å². The number of piperidine rings is 1. The van der Waals surface area contributed by atoms with Crippen molar-refractivity contribution in [3.63, 3.8) is 0 Å². The van der Waals surface area contributed by atoms with Gasteiger partial charge in [-0.15, -0.1) is 0 Å². The van der Waals surface area contributed by atoms with Gasteiger partial charge < -0.3 is 4.74 Å². The van der Waals surface area contributed by atoms with E-state index in [4.69, 9.17) is 4.74 Å². The largest absolute Gasteiger partial charge is 0.490 e. The Bertz CT molecular complexity index is 1450.